The highest BCUT2D eigenvalue weighted by Crippen LogP contribution is 2.49. The van der Waals surface area contributed by atoms with Crippen molar-refractivity contribution in [2.45, 2.75) is 48.6 Å². The monoisotopic (exact) mass is 494 g/mol. The zero-order chi connectivity index (χ0) is 23.4. The minimum atomic E-state index is -4.35. The maximum absolute atomic E-state index is 13.4. The van der Waals surface area contributed by atoms with Crippen LogP contribution in [0, 0.1) is 5.92 Å². The number of fused-ring (bicyclic) bond motifs is 2. The van der Waals surface area contributed by atoms with E-state index in [2.05, 4.69) is 9.80 Å². The summed E-state index contributed by atoms with van der Waals surface area (Å²) >= 11 is 1.54. The summed E-state index contributed by atoms with van der Waals surface area (Å²) in [5.41, 5.74) is 1.35. The van der Waals surface area contributed by atoms with Gasteiger partial charge in [0.05, 0.1) is 16.9 Å². The van der Waals surface area contributed by atoms with Crippen molar-refractivity contribution < 1.29 is 18.0 Å². The van der Waals surface area contributed by atoms with Gasteiger partial charge >= 0.3 is 6.18 Å². The first kappa shape index (κ1) is 24.6. The first-order valence-electron chi connectivity index (χ1n) is 11.5. The molecule has 4 rings (SSSR count). The van der Waals surface area contributed by atoms with Crippen molar-refractivity contribution in [3.63, 3.8) is 0 Å². The molecule has 2 aliphatic heterocycles. The highest BCUT2D eigenvalue weighted by Gasteiger charge is 2.33. The van der Waals surface area contributed by atoms with E-state index in [1.165, 1.54) is 12.1 Å². The molecular formula is C25H30F3N2OPS. The van der Waals surface area contributed by atoms with Crippen molar-refractivity contribution in [2.75, 3.05) is 37.2 Å². The second-order valence-corrected chi connectivity index (χ2v) is 11.5. The smallest absolute Gasteiger partial charge is 0.340 e. The summed E-state index contributed by atoms with van der Waals surface area (Å²) in [6, 6.07) is 12.1. The Hall–Kier alpha value is -1.56. The van der Waals surface area contributed by atoms with Gasteiger partial charge in [-0.25, -0.2) is 0 Å². The molecule has 0 aromatic heterocycles. The summed E-state index contributed by atoms with van der Waals surface area (Å²) in [6.45, 7) is 5.53. The normalized spacial score (nSPS) is 17.4. The van der Waals surface area contributed by atoms with Crippen LogP contribution in [0.15, 0.2) is 52.3 Å². The van der Waals surface area contributed by atoms with Gasteiger partial charge in [0.1, 0.15) is 5.52 Å². The number of likely N-dealkylation sites (tertiary alicyclic amines) is 1. The molecule has 33 heavy (non-hydrogen) atoms. The molecule has 1 atom stereocenters. The van der Waals surface area contributed by atoms with Crippen LogP contribution in [0.4, 0.5) is 24.5 Å². The molecule has 0 bridgehead atoms. The second-order valence-electron chi connectivity index (χ2n) is 8.81. The highest BCUT2D eigenvalue weighted by molar-refractivity contribution is 7.99. The van der Waals surface area contributed by atoms with Gasteiger partial charge in [-0.15, -0.1) is 0 Å². The quantitative estimate of drug-likeness (QED) is 0.368. The summed E-state index contributed by atoms with van der Waals surface area (Å²) < 4.78 is 40.1. The molecular weight excluding hydrogens is 464 g/mol. The number of benzene rings is 2. The largest absolute Gasteiger partial charge is 0.416 e. The predicted octanol–water partition coefficient (Wildman–Crippen LogP) is 7.03. The summed E-state index contributed by atoms with van der Waals surface area (Å²) in [6.07, 6.45) is 0.968. The van der Waals surface area contributed by atoms with Crippen LogP contribution in [0.5, 0.6) is 0 Å². The molecule has 0 saturated carbocycles. The van der Waals surface area contributed by atoms with Gasteiger partial charge in [-0.05, 0) is 96.7 Å². The van der Waals surface area contributed by atoms with Gasteiger partial charge in [0.15, 0.2) is 0 Å². The maximum atomic E-state index is 13.4. The molecule has 178 valence electrons. The number of anilines is 2. The second kappa shape index (κ2) is 10.8. The fraction of sp³-hybridized carbons (Fsp3) is 0.480. The molecule has 2 aliphatic rings. The number of nitrogens with zero attached hydrogens (tertiary/aromatic N) is 2. The van der Waals surface area contributed by atoms with Crippen LogP contribution in [0.25, 0.3) is 0 Å². The van der Waals surface area contributed by atoms with Crippen molar-refractivity contribution in [1.82, 2.24) is 4.90 Å². The molecule has 0 radical (unpaired) electrons. The van der Waals surface area contributed by atoms with Gasteiger partial charge in [0.2, 0.25) is 0 Å². The van der Waals surface area contributed by atoms with E-state index in [-0.39, 0.29) is 5.52 Å². The molecule has 0 N–H and O–H groups in total. The lowest BCUT2D eigenvalue weighted by Crippen LogP contribution is -2.35. The highest BCUT2D eigenvalue weighted by atomic mass is 32.2. The van der Waals surface area contributed by atoms with E-state index in [9.17, 15) is 18.0 Å². The standard InChI is InChI=1S/C25H30F3N2OPS/c1-18(31)32-16-15-29-13-10-19(11-14-29)5-4-12-30-21-6-2-3-7-23(21)33-24-9-8-20(17-22(24)30)25(26,27)28/h2-3,6-9,17,19,32H,4-5,10-16H2,1H3. The number of para-hydroxylation sites is 1. The number of halogens is 3. The van der Waals surface area contributed by atoms with Crippen LogP contribution in [0.2, 0.25) is 0 Å². The lowest BCUT2D eigenvalue weighted by atomic mass is 9.92. The van der Waals surface area contributed by atoms with E-state index in [0.717, 1.165) is 67.0 Å². The summed E-state index contributed by atoms with van der Waals surface area (Å²) in [5, 5.41) is 0. The third-order valence-corrected chi connectivity index (χ3v) is 8.56. The van der Waals surface area contributed by atoms with E-state index in [0.29, 0.717) is 26.7 Å². The van der Waals surface area contributed by atoms with Gasteiger partial charge in [-0.2, -0.15) is 13.2 Å². The van der Waals surface area contributed by atoms with Crippen molar-refractivity contribution in [3.05, 3.63) is 48.0 Å². The molecule has 2 aromatic rings. The number of rotatable bonds is 8. The lowest BCUT2D eigenvalue weighted by Gasteiger charge is -2.35. The Morgan fingerprint density at radius 1 is 1.06 bits per heavy atom. The van der Waals surface area contributed by atoms with E-state index < -0.39 is 11.7 Å². The van der Waals surface area contributed by atoms with E-state index in [4.69, 9.17) is 0 Å². The van der Waals surface area contributed by atoms with Gasteiger partial charge in [0.25, 0.3) is 0 Å². The molecule has 1 saturated heterocycles. The zero-order valence-corrected chi connectivity index (χ0v) is 20.6. The summed E-state index contributed by atoms with van der Waals surface area (Å²) in [7, 11) is 0.417. The minimum absolute atomic E-state index is 0.284. The Bertz CT molecular complexity index is 976. The van der Waals surface area contributed by atoms with E-state index in [1.807, 2.05) is 24.3 Å². The Kier molecular flexibility index (Phi) is 8.03. The molecule has 1 unspecified atom stereocenters. The number of hydrogen-bond acceptors (Lipinski definition) is 4. The fourth-order valence-corrected chi connectivity index (χ4v) is 6.53. The maximum Gasteiger partial charge on any atom is 0.416 e. The first-order valence-corrected chi connectivity index (χ1v) is 13.6. The number of piperidine rings is 1. The van der Waals surface area contributed by atoms with Crippen LogP contribution in [-0.2, 0) is 11.0 Å². The number of carbonyl (C=O) groups excluding carboxylic acids is 1. The van der Waals surface area contributed by atoms with Crippen molar-refractivity contribution >= 4 is 37.2 Å². The van der Waals surface area contributed by atoms with E-state index in [1.54, 1.807) is 24.8 Å². The zero-order valence-electron chi connectivity index (χ0n) is 18.8. The summed E-state index contributed by atoms with van der Waals surface area (Å²) in [5.74, 6) is 0.659. The average Bonchev–Trinajstić information content (AvgIpc) is 2.78. The van der Waals surface area contributed by atoms with Crippen molar-refractivity contribution in [2.24, 2.45) is 5.92 Å². The molecule has 0 amide bonds. The lowest BCUT2D eigenvalue weighted by molar-refractivity contribution is -0.137. The van der Waals surface area contributed by atoms with Gasteiger partial charge in [-0.3, -0.25) is 4.79 Å². The number of carbonyl (C=O) groups is 1. The third-order valence-electron chi connectivity index (χ3n) is 6.46. The van der Waals surface area contributed by atoms with Crippen LogP contribution >= 0.6 is 20.3 Å². The minimum Gasteiger partial charge on any atom is -0.340 e. The molecule has 0 spiro atoms. The summed E-state index contributed by atoms with van der Waals surface area (Å²) in [4.78, 5) is 17.6. The predicted molar refractivity (Wildman–Crippen MR) is 131 cm³/mol. The molecule has 2 aromatic carbocycles. The molecule has 1 fully saturated rings. The number of hydrogen-bond donors (Lipinski definition) is 0. The Morgan fingerprint density at radius 2 is 1.79 bits per heavy atom. The average molecular weight is 495 g/mol. The molecule has 3 nitrogen and oxygen atoms in total. The van der Waals surface area contributed by atoms with Crippen LogP contribution in [-0.4, -0.2) is 42.8 Å². The Balaban J connectivity index is 1.37. The fourth-order valence-electron chi connectivity index (χ4n) is 4.67. The Morgan fingerprint density at radius 3 is 2.52 bits per heavy atom. The van der Waals surface area contributed by atoms with Gasteiger partial charge < -0.3 is 9.80 Å². The van der Waals surface area contributed by atoms with Gasteiger partial charge in [0, 0.05) is 22.9 Å². The topological polar surface area (TPSA) is 23.6 Å². The SMILES string of the molecule is CC(=O)PCCN1CCC(CCCN2c3ccccc3Sc3ccc(C(F)(F)F)cc32)CC1. The van der Waals surface area contributed by atoms with Crippen LogP contribution < -0.4 is 4.90 Å². The van der Waals surface area contributed by atoms with Crippen LogP contribution in [0.1, 0.15) is 38.2 Å². The molecule has 2 heterocycles. The Labute approximate surface area is 199 Å². The third kappa shape index (κ3) is 6.32. The van der Waals surface area contributed by atoms with E-state index >= 15 is 0 Å². The number of alkyl halides is 3. The van der Waals surface area contributed by atoms with Crippen molar-refractivity contribution in [1.29, 1.82) is 0 Å². The molecule has 8 heteroatoms. The first-order chi connectivity index (χ1) is 15.8. The van der Waals surface area contributed by atoms with Crippen molar-refractivity contribution in [3.8, 4) is 0 Å². The van der Waals surface area contributed by atoms with Crippen LogP contribution in [0.3, 0.4) is 0 Å². The molecule has 0 aliphatic carbocycles. The van der Waals surface area contributed by atoms with Gasteiger partial charge in [-0.1, -0.05) is 23.9 Å².